The van der Waals surface area contributed by atoms with Crippen molar-refractivity contribution in [2.75, 3.05) is 31.6 Å². The molecular weight excluding hydrogens is 470 g/mol. The molecule has 3 aromatic rings. The summed E-state index contributed by atoms with van der Waals surface area (Å²) < 4.78 is 38.2. The SMILES string of the molecule is COc1cnc(-c2nc3c(nc2N2CCC(Oc4ccc(F)cc4F)CC2)CCN(C(C)=O)C3)cn1. The van der Waals surface area contributed by atoms with Gasteiger partial charge in [0, 0.05) is 51.9 Å². The van der Waals surface area contributed by atoms with E-state index in [1.807, 2.05) is 0 Å². The highest BCUT2D eigenvalue weighted by Gasteiger charge is 2.29. The number of anilines is 1. The number of carbonyl (C=O) groups excluding carboxylic acids is 1. The number of ether oxygens (including phenoxy) is 2. The maximum Gasteiger partial charge on any atom is 0.232 e. The third-order valence-corrected chi connectivity index (χ3v) is 6.45. The number of rotatable bonds is 5. The van der Waals surface area contributed by atoms with Crippen LogP contribution in [0.3, 0.4) is 0 Å². The normalized spacial score (nSPS) is 16.0. The van der Waals surface area contributed by atoms with E-state index < -0.39 is 11.6 Å². The number of carbonyl (C=O) groups is 1. The molecule has 5 rings (SSSR count). The number of aromatic nitrogens is 4. The number of benzene rings is 1. The Hall–Kier alpha value is -3.89. The van der Waals surface area contributed by atoms with Crippen molar-refractivity contribution in [1.29, 1.82) is 0 Å². The molecule has 9 nitrogen and oxygen atoms in total. The van der Waals surface area contributed by atoms with E-state index in [1.165, 1.54) is 25.4 Å². The fourth-order valence-electron chi connectivity index (χ4n) is 4.46. The fourth-order valence-corrected chi connectivity index (χ4v) is 4.46. The minimum absolute atomic E-state index is 0.00280. The molecule has 2 aliphatic rings. The minimum atomic E-state index is -0.710. The van der Waals surface area contributed by atoms with Crippen LogP contribution in [0.4, 0.5) is 14.6 Å². The van der Waals surface area contributed by atoms with Gasteiger partial charge < -0.3 is 19.3 Å². The average molecular weight is 497 g/mol. The highest BCUT2D eigenvalue weighted by atomic mass is 19.1. The summed E-state index contributed by atoms with van der Waals surface area (Å²) in [6.45, 7) is 3.76. The van der Waals surface area contributed by atoms with Crippen LogP contribution in [0.2, 0.25) is 0 Å². The second kappa shape index (κ2) is 10.00. The Kier molecular flexibility index (Phi) is 6.62. The van der Waals surface area contributed by atoms with Gasteiger partial charge in [-0.15, -0.1) is 0 Å². The van der Waals surface area contributed by atoms with Crippen LogP contribution in [-0.4, -0.2) is 63.6 Å². The minimum Gasteiger partial charge on any atom is -0.487 e. The van der Waals surface area contributed by atoms with E-state index in [-0.39, 0.29) is 17.8 Å². The lowest BCUT2D eigenvalue weighted by molar-refractivity contribution is -0.129. The maximum absolute atomic E-state index is 14.0. The van der Waals surface area contributed by atoms with Crippen molar-refractivity contribution in [2.45, 2.75) is 38.8 Å². The van der Waals surface area contributed by atoms with Gasteiger partial charge in [0.25, 0.3) is 0 Å². The molecule has 11 heteroatoms. The monoisotopic (exact) mass is 496 g/mol. The standard InChI is InChI=1S/C25H26F2N6O3/c1-15(34)33-10-7-19-21(14-33)30-24(20-12-29-23(35-2)13-28-20)25(31-19)32-8-5-17(6-9-32)36-22-4-3-16(26)11-18(22)27/h3-4,11-13,17H,5-10,14H2,1-2H3. The van der Waals surface area contributed by atoms with Crippen LogP contribution in [0.25, 0.3) is 11.4 Å². The van der Waals surface area contributed by atoms with Crippen LogP contribution < -0.4 is 14.4 Å². The van der Waals surface area contributed by atoms with Crippen LogP contribution in [0, 0.1) is 11.6 Å². The molecule has 0 unspecified atom stereocenters. The second-order valence-electron chi connectivity index (χ2n) is 8.80. The topological polar surface area (TPSA) is 93.6 Å². The Morgan fingerprint density at radius 3 is 2.53 bits per heavy atom. The molecule has 4 heterocycles. The largest absolute Gasteiger partial charge is 0.487 e. The van der Waals surface area contributed by atoms with E-state index in [9.17, 15) is 13.6 Å². The molecule has 0 spiro atoms. The van der Waals surface area contributed by atoms with Crippen molar-refractivity contribution >= 4 is 11.7 Å². The number of hydrogen-bond donors (Lipinski definition) is 0. The number of halogens is 2. The van der Waals surface area contributed by atoms with Crippen molar-refractivity contribution in [3.63, 3.8) is 0 Å². The highest BCUT2D eigenvalue weighted by molar-refractivity contribution is 5.74. The summed E-state index contributed by atoms with van der Waals surface area (Å²) >= 11 is 0. The first-order valence-corrected chi connectivity index (χ1v) is 11.8. The summed E-state index contributed by atoms with van der Waals surface area (Å²) in [5.41, 5.74) is 2.74. The van der Waals surface area contributed by atoms with Gasteiger partial charge >= 0.3 is 0 Å². The van der Waals surface area contributed by atoms with E-state index in [2.05, 4.69) is 14.9 Å². The van der Waals surface area contributed by atoms with Crippen molar-refractivity contribution in [1.82, 2.24) is 24.8 Å². The highest BCUT2D eigenvalue weighted by Crippen LogP contribution is 2.32. The Morgan fingerprint density at radius 2 is 1.86 bits per heavy atom. The van der Waals surface area contributed by atoms with Crippen molar-refractivity contribution in [3.05, 3.63) is 53.6 Å². The zero-order valence-corrected chi connectivity index (χ0v) is 20.1. The van der Waals surface area contributed by atoms with Crippen molar-refractivity contribution in [2.24, 2.45) is 0 Å². The zero-order chi connectivity index (χ0) is 25.2. The van der Waals surface area contributed by atoms with E-state index in [0.717, 1.165) is 17.5 Å². The lowest BCUT2D eigenvalue weighted by atomic mass is 10.1. The number of hydrogen-bond acceptors (Lipinski definition) is 8. The molecule has 0 atom stereocenters. The van der Waals surface area contributed by atoms with Crippen LogP contribution in [0.5, 0.6) is 11.6 Å². The number of amides is 1. The lowest BCUT2D eigenvalue weighted by Crippen LogP contribution is -2.40. The Balaban J connectivity index is 1.40. The summed E-state index contributed by atoms with van der Waals surface area (Å²) in [5, 5.41) is 0. The fraction of sp³-hybridized carbons (Fsp3) is 0.400. The number of piperidine rings is 1. The van der Waals surface area contributed by atoms with Gasteiger partial charge in [-0.1, -0.05) is 0 Å². The zero-order valence-electron chi connectivity index (χ0n) is 20.1. The number of nitrogens with zero attached hydrogens (tertiary/aromatic N) is 6. The average Bonchev–Trinajstić information content (AvgIpc) is 2.89. The van der Waals surface area contributed by atoms with Gasteiger partial charge in [0.2, 0.25) is 11.8 Å². The molecule has 2 aromatic heterocycles. The molecule has 1 saturated heterocycles. The molecule has 188 valence electrons. The predicted octanol–water partition coefficient (Wildman–Crippen LogP) is 3.17. The van der Waals surface area contributed by atoms with Gasteiger partial charge in [-0.05, 0) is 12.1 Å². The first-order valence-electron chi connectivity index (χ1n) is 11.8. The molecule has 2 aliphatic heterocycles. The van der Waals surface area contributed by atoms with E-state index in [4.69, 9.17) is 19.4 Å². The molecule has 0 radical (unpaired) electrons. The van der Waals surface area contributed by atoms with E-state index >= 15 is 0 Å². The van der Waals surface area contributed by atoms with Gasteiger partial charge in [-0.25, -0.2) is 28.7 Å². The van der Waals surface area contributed by atoms with Crippen molar-refractivity contribution < 1.29 is 23.0 Å². The Labute approximate surface area is 207 Å². The Morgan fingerprint density at radius 1 is 1.06 bits per heavy atom. The quantitative estimate of drug-likeness (QED) is 0.532. The van der Waals surface area contributed by atoms with Crippen LogP contribution in [0.1, 0.15) is 31.2 Å². The van der Waals surface area contributed by atoms with Crippen LogP contribution in [-0.2, 0) is 17.8 Å². The third-order valence-electron chi connectivity index (χ3n) is 6.45. The van der Waals surface area contributed by atoms with Gasteiger partial charge in [-0.3, -0.25) is 4.79 Å². The Bertz CT molecular complexity index is 1270. The van der Waals surface area contributed by atoms with E-state index in [0.29, 0.717) is 68.5 Å². The molecule has 1 amide bonds. The summed E-state index contributed by atoms with van der Waals surface area (Å²) in [6.07, 6.45) is 4.78. The number of methoxy groups -OCH3 is 1. The molecule has 0 N–H and O–H groups in total. The second-order valence-corrected chi connectivity index (χ2v) is 8.80. The molecule has 36 heavy (non-hydrogen) atoms. The van der Waals surface area contributed by atoms with Crippen LogP contribution >= 0.6 is 0 Å². The molecule has 0 aliphatic carbocycles. The molecular formula is C25H26F2N6O3. The van der Waals surface area contributed by atoms with Crippen LogP contribution in [0.15, 0.2) is 30.6 Å². The molecule has 1 fully saturated rings. The predicted molar refractivity (Wildman–Crippen MR) is 127 cm³/mol. The van der Waals surface area contributed by atoms with Gasteiger partial charge in [0.1, 0.15) is 23.3 Å². The van der Waals surface area contributed by atoms with Gasteiger partial charge in [-0.2, -0.15) is 0 Å². The first-order chi connectivity index (χ1) is 17.4. The summed E-state index contributed by atoms with van der Waals surface area (Å²) in [4.78, 5) is 34.4. The van der Waals surface area contributed by atoms with Gasteiger partial charge in [0.15, 0.2) is 17.4 Å². The van der Waals surface area contributed by atoms with Crippen molar-refractivity contribution in [3.8, 4) is 23.0 Å². The third kappa shape index (κ3) is 4.91. The van der Waals surface area contributed by atoms with E-state index in [1.54, 1.807) is 18.0 Å². The molecule has 0 bridgehead atoms. The molecule has 1 aromatic carbocycles. The number of fused-ring (bicyclic) bond motifs is 1. The molecule has 0 saturated carbocycles. The summed E-state index contributed by atoms with van der Waals surface area (Å²) in [7, 11) is 1.52. The summed E-state index contributed by atoms with van der Waals surface area (Å²) in [6, 6.07) is 3.32. The lowest BCUT2D eigenvalue weighted by Gasteiger charge is -2.35. The smallest absolute Gasteiger partial charge is 0.232 e. The maximum atomic E-state index is 14.0. The first kappa shape index (κ1) is 23.8. The van der Waals surface area contributed by atoms with Gasteiger partial charge in [0.05, 0.1) is 37.4 Å². The summed E-state index contributed by atoms with van der Waals surface area (Å²) in [5.74, 6) is -0.223.